The Balaban J connectivity index is 2.00. The minimum absolute atomic E-state index is 0.258. The first kappa shape index (κ1) is 17.1. The number of thioether (sulfide) groups is 1. The molecule has 0 unspecified atom stereocenters. The highest BCUT2D eigenvalue weighted by atomic mass is 32.2. The molecule has 0 radical (unpaired) electrons. The summed E-state index contributed by atoms with van der Waals surface area (Å²) in [6, 6.07) is 0. The van der Waals surface area contributed by atoms with E-state index in [2.05, 4.69) is 10.3 Å². The normalized spacial score (nSPS) is 16.8. The van der Waals surface area contributed by atoms with Gasteiger partial charge in [-0.05, 0) is 25.8 Å². The molecule has 1 aliphatic rings. The van der Waals surface area contributed by atoms with E-state index in [9.17, 15) is 13.2 Å². The zero-order valence-electron chi connectivity index (χ0n) is 12.1. The highest BCUT2D eigenvalue weighted by Crippen LogP contribution is 2.37. The Kier molecular flexibility index (Phi) is 6.37. The maximum atomic E-state index is 13.0. The molecule has 2 rings (SSSR count). The Morgan fingerprint density at radius 1 is 1.33 bits per heavy atom. The number of rotatable bonds is 7. The standard InChI is InChI=1S/C14H21F3N2S2/c1-2-7-18-8-11-13(14(15,16)17)19-12(21-11)9-20-10-5-3-4-6-10/h10,18H,2-9H2,1H3. The fraction of sp³-hybridized carbons (Fsp3) is 0.786. The second-order valence-electron chi connectivity index (χ2n) is 5.27. The summed E-state index contributed by atoms with van der Waals surface area (Å²) in [6.07, 6.45) is 1.42. The van der Waals surface area contributed by atoms with Crippen LogP contribution in [0.4, 0.5) is 13.2 Å². The smallest absolute Gasteiger partial charge is 0.312 e. The van der Waals surface area contributed by atoms with Crippen molar-refractivity contribution in [3.63, 3.8) is 0 Å². The van der Waals surface area contributed by atoms with Gasteiger partial charge in [0.25, 0.3) is 0 Å². The number of alkyl halides is 3. The van der Waals surface area contributed by atoms with Crippen LogP contribution in [0.3, 0.4) is 0 Å². The van der Waals surface area contributed by atoms with Gasteiger partial charge in [-0.1, -0.05) is 19.8 Å². The molecule has 0 spiro atoms. The summed E-state index contributed by atoms with van der Waals surface area (Å²) >= 11 is 2.96. The Morgan fingerprint density at radius 2 is 2.05 bits per heavy atom. The lowest BCUT2D eigenvalue weighted by molar-refractivity contribution is -0.141. The van der Waals surface area contributed by atoms with Crippen molar-refractivity contribution in [3.8, 4) is 0 Å². The van der Waals surface area contributed by atoms with E-state index in [1.807, 2.05) is 6.92 Å². The van der Waals surface area contributed by atoms with Crippen molar-refractivity contribution in [1.29, 1.82) is 0 Å². The fourth-order valence-electron chi connectivity index (χ4n) is 2.43. The van der Waals surface area contributed by atoms with Crippen LogP contribution in [0.2, 0.25) is 0 Å². The maximum Gasteiger partial charge on any atom is 0.434 e. The fourth-order valence-corrected chi connectivity index (χ4v) is 4.83. The van der Waals surface area contributed by atoms with Crippen LogP contribution < -0.4 is 5.32 Å². The number of halogens is 3. The molecule has 1 heterocycles. The molecule has 0 amide bonds. The van der Waals surface area contributed by atoms with Crippen molar-refractivity contribution < 1.29 is 13.2 Å². The average Bonchev–Trinajstić information content (AvgIpc) is 3.05. The van der Waals surface area contributed by atoms with Crippen molar-refractivity contribution in [2.75, 3.05) is 6.54 Å². The predicted molar refractivity (Wildman–Crippen MR) is 82.7 cm³/mol. The minimum Gasteiger partial charge on any atom is -0.312 e. The van der Waals surface area contributed by atoms with Gasteiger partial charge in [-0.25, -0.2) is 4.98 Å². The number of nitrogens with zero attached hydrogens (tertiary/aromatic N) is 1. The summed E-state index contributed by atoms with van der Waals surface area (Å²) in [5.74, 6) is 0.603. The monoisotopic (exact) mass is 338 g/mol. The van der Waals surface area contributed by atoms with Gasteiger partial charge in [0.2, 0.25) is 0 Å². The molecule has 0 aromatic carbocycles. The van der Waals surface area contributed by atoms with Crippen LogP contribution in [0.25, 0.3) is 0 Å². The summed E-state index contributed by atoms with van der Waals surface area (Å²) in [6.45, 7) is 2.98. The van der Waals surface area contributed by atoms with Gasteiger partial charge >= 0.3 is 6.18 Å². The summed E-state index contributed by atoms with van der Waals surface area (Å²) in [5, 5.41) is 4.24. The van der Waals surface area contributed by atoms with Crippen molar-refractivity contribution in [2.24, 2.45) is 0 Å². The first-order valence-corrected chi connectivity index (χ1v) is 9.25. The van der Waals surface area contributed by atoms with Crippen LogP contribution >= 0.6 is 23.1 Å². The van der Waals surface area contributed by atoms with Crippen LogP contribution in [0.1, 0.15) is 54.6 Å². The highest BCUT2D eigenvalue weighted by Gasteiger charge is 2.37. The highest BCUT2D eigenvalue weighted by molar-refractivity contribution is 7.99. The zero-order chi connectivity index (χ0) is 15.3. The van der Waals surface area contributed by atoms with Crippen LogP contribution in [-0.2, 0) is 18.5 Å². The maximum absolute atomic E-state index is 13.0. The molecule has 0 aliphatic heterocycles. The van der Waals surface area contributed by atoms with E-state index in [4.69, 9.17) is 0 Å². The molecule has 0 bridgehead atoms. The van der Waals surface area contributed by atoms with Crippen LogP contribution in [0, 0.1) is 0 Å². The third-order valence-corrected chi connectivity index (χ3v) is 6.09. The lowest BCUT2D eigenvalue weighted by Crippen LogP contribution is -2.17. The molecule has 0 atom stereocenters. The number of nitrogens with one attached hydrogen (secondary N) is 1. The largest absolute Gasteiger partial charge is 0.434 e. The van der Waals surface area contributed by atoms with Gasteiger partial charge in [-0.15, -0.1) is 11.3 Å². The molecule has 1 aromatic heterocycles. The van der Waals surface area contributed by atoms with E-state index >= 15 is 0 Å². The summed E-state index contributed by atoms with van der Waals surface area (Å²) in [7, 11) is 0. The van der Waals surface area contributed by atoms with Gasteiger partial charge in [-0.2, -0.15) is 24.9 Å². The number of thiazole rings is 1. The van der Waals surface area contributed by atoms with Crippen molar-refractivity contribution in [2.45, 2.75) is 62.8 Å². The van der Waals surface area contributed by atoms with Gasteiger partial charge in [0, 0.05) is 17.5 Å². The lowest BCUT2D eigenvalue weighted by atomic mass is 10.3. The molecule has 1 aliphatic carbocycles. The van der Waals surface area contributed by atoms with Crippen LogP contribution in [-0.4, -0.2) is 16.8 Å². The van der Waals surface area contributed by atoms with Crippen molar-refractivity contribution >= 4 is 23.1 Å². The van der Waals surface area contributed by atoms with Gasteiger partial charge in [0.05, 0.1) is 4.88 Å². The third kappa shape index (κ3) is 5.14. The molecule has 1 fully saturated rings. The summed E-state index contributed by atoms with van der Waals surface area (Å²) in [5.41, 5.74) is -0.696. The average molecular weight is 338 g/mol. The molecule has 1 aromatic rings. The molecule has 120 valence electrons. The lowest BCUT2D eigenvalue weighted by Gasteiger charge is -2.06. The van der Waals surface area contributed by atoms with Crippen LogP contribution in [0.15, 0.2) is 0 Å². The first-order chi connectivity index (χ1) is 10.0. The Morgan fingerprint density at radius 3 is 2.67 bits per heavy atom. The molecule has 0 saturated heterocycles. The quantitative estimate of drug-likeness (QED) is 0.720. The van der Waals surface area contributed by atoms with E-state index in [1.54, 1.807) is 11.8 Å². The molecule has 21 heavy (non-hydrogen) atoms. The SMILES string of the molecule is CCCNCc1sc(CSC2CCCC2)nc1C(F)(F)F. The van der Waals surface area contributed by atoms with Gasteiger partial charge in [-0.3, -0.25) is 0 Å². The third-order valence-electron chi connectivity index (χ3n) is 3.47. The minimum atomic E-state index is -4.35. The molecular weight excluding hydrogens is 317 g/mol. The van der Waals surface area contributed by atoms with E-state index in [0.29, 0.717) is 20.9 Å². The summed E-state index contributed by atoms with van der Waals surface area (Å²) in [4.78, 5) is 4.17. The second-order valence-corrected chi connectivity index (χ2v) is 7.73. The van der Waals surface area contributed by atoms with Gasteiger partial charge in [0.15, 0.2) is 5.69 Å². The zero-order valence-corrected chi connectivity index (χ0v) is 13.8. The molecular formula is C14H21F3N2S2. The van der Waals surface area contributed by atoms with E-state index in [-0.39, 0.29) is 6.54 Å². The van der Waals surface area contributed by atoms with Crippen molar-refractivity contribution in [3.05, 3.63) is 15.6 Å². The molecule has 2 nitrogen and oxygen atoms in total. The Bertz CT molecular complexity index is 440. The Hall–Kier alpha value is -0.270. The van der Waals surface area contributed by atoms with Gasteiger partial charge in [0.1, 0.15) is 5.01 Å². The number of hydrogen-bond donors (Lipinski definition) is 1. The van der Waals surface area contributed by atoms with E-state index in [0.717, 1.165) is 13.0 Å². The van der Waals surface area contributed by atoms with Gasteiger partial charge < -0.3 is 5.32 Å². The summed E-state index contributed by atoms with van der Waals surface area (Å²) < 4.78 is 39.1. The first-order valence-electron chi connectivity index (χ1n) is 7.38. The molecule has 1 saturated carbocycles. The number of hydrogen-bond acceptors (Lipinski definition) is 4. The molecule has 7 heteroatoms. The molecule has 1 N–H and O–H groups in total. The van der Waals surface area contributed by atoms with E-state index < -0.39 is 11.9 Å². The second kappa shape index (κ2) is 7.83. The van der Waals surface area contributed by atoms with E-state index in [1.165, 1.54) is 37.0 Å². The number of aromatic nitrogens is 1. The van der Waals surface area contributed by atoms with Crippen LogP contribution in [0.5, 0.6) is 0 Å². The van der Waals surface area contributed by atoms with Crippen molar-refractivity contribution in [1.82, 2.24) is 10.3 Å². The topological polar surface area (TPSA) is 24.9 Å². The predicted octanol–water partition coefficient (Wildman–Crippen LogP) is 4.84. The Labute approximate surface area is 131 Å².